The first-order chi connectivity index (χ1) is 11.4. The fraction of sp³-hybridized carbons (Fsp3) is 0.727. The molecule has 0 amide bonds. The van der Waals surface area contributed by atoms with Crippen LogP contribution in [0.4, 0.5) is 0 Å². The Kier molecular flexibility index (Phi) is 5.54. The zero-order valence-corrected chi connectivity index (χ0v) is 16.7. The molecule has 0 aliphatic heterocycles. The van der Waals surface area contributed by atoms with Crippen molar-refractivity contribution in [2.75, 3.05) is 5.75 Å². The maximum Gasteiger partial charge on any atom is 0.115 e. The molecule has 1 aromatic carbocycles. The lowest BCUT2D eigenvalue weighted by atomic mass is 9.53. The van der Waals surface area contributed by atoms with Crippen molar-refractivity contribution < 1.29 is 5.11 Å². The Morgan fingerprint density at radius 3 is 2.79 bits per heavy atom. The van der Waals surface area contributed by atoms with Crippen molar-refractivity contribution >= 4 is 11.8 Å². The largest absolute Gasteiger partial charge is 0.508 e. The third-order valence-electron chi connectivity index (χ3n) is 6.70. The molecule has 0 spiro atoms. The first-order valence-electron chi connectivity index (χ1n) is 9.87. The van der Waals surface area contributed by atoms with Crippen LogP contribution in [0.2, 0.25) is 0 Å². The Morgan fingerprint density at radius 1 is 1.29 bits per heavy atom. The molecule has 1 fully saturated rings. The normalized spacial score (nSPS) is 32.5. The Hall–Kier alpha value is -0.630. The summed E-state index contributed by atoms with van der Waals surface area (Å²) in [5.41, 5.74) is 3.39. The topological polar surface area (TPSA) is 20.2 Å². The van der Waals surface area contributed by atoms with E-state index in [0.717, 1.165) is 23.5 Å². The number of fused-ring (bicyclic) bond motifs is 3. The molecular formula is C22H34OS. The van der Waals surface area contributed by atoms with Crippen LogP contribution in [0, 0.1) is 17.3 Å². The zero-order valence-electron chi connectivity index (χ0n) is 15.8. The van der Waals surface area contributed by atoms with E-state index in [1.54, 1.807) is 0 Å². The summed E-state index contributed by atoms with van der Waals surface area (Å²) in [5, 5.41) is 10.7. The maximum atomic E-state index is 9.88. The van der Waals surface area contributed by atoms with Crippen LogP contribution >= 0.6 is 11.8 Å². The highest BCUT2D eigenvalue weighted by Gasteiger charge is 2.49. The van der Waals surface area contributed by atoms with E-state index in [9.17, 15) is 5.11 Å². The summed E-state index contributed by atoms with van der Waals surface area (Å²) < 4.78 is 0. The minimum Gasteiger partial charge on any atom is -0.508 e. The van der Waals surface area contributed by atoms with E-state index in [2.05, 4.69) is 45.5 Å². The lowest BCUT2D eigenvalue weighted by molar-refractivity contribution is 0.0589. The standard InChI is InChI=1S/C22H34OS/c1-5-24-19-13-17(7-6-15(2)3)22(4)11-10-16-12-18(23)8-9-20(16)21(22)14-19/h8-9,12,15,17,19,21,23H,5-7,10-11,13-14H2,1-4H3/t17-,19+,21+,22-/m0/s1. The van der Waals surface area contributed by atoms with Gasteiger partial charge >= 0.3 is 0 Å². The van der Waals surface area contributed by atoms with Gasteiger partial charge in [-0.3, -0.25) is 0 Å². The van der Waals surface area contributed by atoms with Crippen molar-refractivity contribution in [3.63, 3.8) is 0 Å². The van der Waals surface area contributed by atoms with Crippen LogP contribution < -0.4 is 0 Å². The van der Waals surface area contributed by atoms with Crippen LogP contribution in [0.3, 0.4) is 0 Å². The molecule has 1 N–H and O–H groups in total. The van der Waals surface area contributed by atoms with Crippen LogP contribution in [0.15, 0.2) is 18.2 Å². The van der Waals surface area contributed by atoms with Gasteiger partial charge in [-0.25, -0.2) is 0 Å². The smallest absolute Gasteiger partial charge is 0.115 e. The van der Waals surface area contributed by atoms with Gasteiger partial charge in [-0.05, 0) is 84.3 Å². The number of aromatic hydroxyl groups is 1. The third-order valence-corrected chi connectivity index (χ3v) is 7.89. The van der Waals surface area contributed by atoms with Crippen molar-refractivity contribution in [2.45, 2.75) is 77.4 Å². The van der Waals surface area contributed by atoms with Gasteiger partial charge in [0.1, 0.15) is 5.75 Å². The molecule has 0 aromatic heterocycles. The number of hydrogen-bond acceptors (Lipinski definition) is 2. The molecule has 0 radical (unpaired) electrons. The lowest BCUT2D eigenvalue weighted by Gasteiger charge is -2.53. The van der Waals surface area contributed by atoms with E-state index >= 15 is 0 Å². The van der Waals surface area contributed by atoms with Crippen LogP contribution in [0.1, 0.15) is 76.8 Å². The van der Waals surface area contributed by atoms with Crippen LogP contribution in [-0.4, -0.2) is 16.1 Å². The first kappa shape index (κ1) is 18.2. The molecule has 2 heteroatoms. The molecule has 2 aliphatic rings. The quantitative estimate of drug-likeness (QED) is 0.666. The Balaban J connectivity index is 1.91. The van der Waals surface area contributed by atoms with Gasteiger partial charge in [-0.2, -0.15) is 11.8 Å². The molecule has 1 aromatic rings. The molecule has 0 heterocycles. The number of thioether (sulfide) groups is 1. The highest BCUT2D eigenvalue weighted by molar-refractivity contribution is 7.99. The number of hydrogen-bond donors (Lipinski definition) is 1. The van der Waals surface area contributed by atoms with Gasteiger partial charge in [0.2, 0.25) is 0 Å². The van der Waals surface area contributed by atoms with Crippen molar-refractivity contribution in [3.05, 3.63) is 29.3 Å². The van der Waals surface area contributed by atoms with Gasteiger partial charge in [0.05, 0.1) is 0 Å². The molecular weight excluding hydrogens is 312 g/mol. The van der Waals surface area contributed by atoms with E-state index in [0.29, 0.717) is 17.1 Å². The van der Waals surface area contributed by atoms with Crippen molar-refractivity contribution in [1.82, 2.24) is 0 Å². The molecule has 4 atom stereocenters. The third kappa shape index (κ3) is 3.49. The summed E-state index contributed by atoms with van der Waals surface area (Å²) >= 11 is 2.17. The molecule has 1 nitrogen and oxygen atoms in total. The average Bonchev–Trinajstić information content (AvgIpc) is 2.53. The van der Waals surface area contributed by atoms with E-state index < -0.39 is 0 Å². The van der Waals surface area contributed by atoms with Crippen LogP contribution in [-0.2, 0) is 6.42 Å². The van der Waals surface area contributed by atoms with Gasteiger partial charge in [0, 0.05) is 5.25 Å². The minimum atomic E-state index is 0.434. The second-order valence-corrected chi connectivity index (χ2v) is 10.2. The number of aryl methyl sites for hydroxylation is 1. The molecule has 24 heavy (non-hydrogen) atoms. The number of phenolic OH excluding ortho intramolecular Hbond substituents is 1. The summed E-state index contributed by atoms with van der Waals surface area (Å²) in [7, 11) is 0. The number of phenols is 1. The molecule has 134 valence electrons. The van der Waals surface area contributed by atoms with Gasteiger partial charge in [-0.15, -0.1) is 0 Å². The van der Waals surface area contributed by atoms with E-state index in [4.69, 9.17) is 0 Å². The minimum absolute atomic E-state index is 0.434. The summed E-state index contributed by atoms with van der Waals surface area (Å²) in [6.45, 7) is 9.60. The fourth-order valence-corrected chi connectivity index (χ4v) is 6.43. The highest BCUT2D eigenvalue weighted by Crippen LogP contribution is 2.59. The predicted octanol–water partition coefficient (Wildman–Crippen LogP) is 6.40. The van der Waals surface area contributed by atoms with Gasteiger partial charge in [0.15, 0.2) is 0 Å². The lowest BCUT2D eigenvalue weighted by Crippen LogP contribution is -2.44. The van der Waals surface area contributed by atoms with Crippen molar-refractivity contribution in [2.24, 2.45) is 17.3 Å². The van der Waals surface area contributed by atoms with E-state index in [1.807, 2.05) is 12.1 Å². The van der Waals surface area contributed by atoms with Crippen LogP contribution in [0.5, 0.6) is 5.75 Å². The van der Waals surface area contributed by atoms with Gasteiger partial charge in [-0.1, -0.05) is 40.2 Å². The summed E-state index contributed by atoms with van der Waals surface area (Å²) in [6, 6.07) is 6.16. The summed E-state index contributed by atoms with van der Waals surface area (Å²) in [4.78, 5) is 0. The summed E-state index contributed by atoms with van der Waals surface area (Å²) in [6.07, 6.45) is 7.91. The molecule has 0 bridgehead atoms. The van der Waals surface area contributed by atoms with E-state index in [-0.39, 0.29) is 0 Å². The first-order valence-corrected chi connectivity index (χ1v) is 10.9. The SMILES string of the molecule is CCS[C@@H]1C[C@H](CCC(C)C)[C@]2(C)CCc3cc(O)ccc3[C@H]2C1. The van der Waals surface area contributed by atoms with Crippen molar-refractivity contribution in [3.8, 4) is 5.75 Å². The van der Waals surface area contributed by atoms with E-state index in [1.165, 1.54) is 49.0 Å². The molecule has 2 aliphatic carbocycles. The highest BCUT2D eigenvalue weighted by atomic mass is 32.2. The summed E-state index contributed by atoms with van der Waals surface area (Å²) in [5.74, 6) is 4.00. The fourth-order valence-electron chi connectivity index (χ4n) is 5.27. The maximum absolute atomic E-state index is 9.88. The zero-order chi connectivity index (χ0) is 17.3. The average molecular weight is 347 g/mol. The Morgan fingerprint density at radius 2 is 2.08 bits per heavy atom. The Bertz CT molecular complexity index is 567. The molecule has 1 saturated carbocycles. The molecule has 0 saturated heterocycles. The van der Waals surface area contributed by atoms with Crippen molar-refractivity contribution in [1.29, 1.82) is 0 Å². The molecule has 3 rings (SSSR count). The molecule has 0 unspecified atom stereocenters. The van der Waals surface area contributed by atoms with Gasteiger partial charge in [0.25, 0.3) is 0 Å². The number of rotatable bonds is 5. The van der Waals surface area contributed by atoms with Crippen LogP contribution in [0.25, 0.3) is 0 Å². The second kappa shape index (κ2) is 7.32. The number of benzene rings is 1. The predicted molar refractivity (Wildman–Crippen MR) is 106 cm³/mol. The van der Waals surface area contributed by atoms with Gasteiger partial charge < -0.3 is 5.11 Å². The monoisotopic (exact) mass is 346 g/mol. The Labute approximate surface area is 152 Å². The second-order valence-electron chi connectivity index (χ2n) is 8.66.